The molecule has 10 heavy (non-hydrogen) atoms. The Kier molecular flexibility index (Phi) is 3.70. The third kappa shape index (κ3) is 2.48. The van der Waals surface area contributed by atoms with Gasteiger partial charge < -0.3 is 5.73 Å². The minimum atomic E-state index is -0.172. The average molecular weight is 162 g/mol. The van der Waals surface area contributed by atoms with E-state index in [1.807, 2.05) is 14.0 Å². The van der Waals surface area contributed by atoms with Crippen molar-refractivity contribution in [2.75, 3.05) is 13.6 Å². The van der Waals surface area contributed by atoms with Crippen molar-refractivity contribution in [3.8, 4) is 0 Å². The van der Waals surface area contributed by atoms with Crippen molar-refractivity contribution >= 4 is 12.6 Å². The molecule has 2 nitrogen and oxygen atoms in total. The van der Waals surface area contributed by atoms with E-state index >= 15 is 0 Å². The Balaban J connectivity index is 4.03. The molecule has 0 bridgehead atoms. The SMILES string of the molecule is CC(C)N(C)C(C)(S)CN. The predicted molar refractivity (Wildman–Crippen MR) is 49.3 cm³/mol. The number of hydrogen-bond donors (Lipinski definition) is 2. The normalized spacial score (nSPS) is 18.0. The van der Waals surface area contributed by atoms with Crippen molar-refractivity contribution in [1.82, 2.24) is 4.90 Å². The summed E-state index contributed by atoms with van der Waals surface area (Å²) in [6, 6.07) is 0.492. The maximum atomic E-state index is 5.53. The molecule has 0 fully saturated rings. The highest BCUT2D eigenvalue weighted by Crippen LogP contribution is 2.18. The Labute approximate surface area is 69.2 Å². The number of nitrogens with zero attached hydrogens (tertiary/aromatic N) is 1. The number of rotatable bonds is 3. The zero-order valence-electron chi connectivity index (χ0n) is 7.26. The summed E-state index contributed by atoms with van der Waals surface area (Å²) < 4.78 is 0. The molecule has 0 aliphatic carbocycles. The fourth-order valence-corrected chi connectivity index (χ4v) is 0.931. The Morgan fingerprint density at radius 3 is 2.10 bits per heavy atom. The largest absolute Gasteiger partial charge is 0.328 e. The molecule has 1 atom stereocenters. The average Bonchev–Trinajstić information content (AvgIpc) is 1.86. The molecule has 1 unspecified atom stereocenters. The summed E-state index contributed by atoms with van der Waals surface area (Å²) in [5, 5.41) is 0. The minimum Gasteiger partial charge on any atom is -0.328 e. The lowest BCUT2D eigenvalue weighted by Gasteiger charge is -2.36. The Bertz CT molecular complexity index is 102. The maximum Gasteiger partial charge on any atom is 0.0735 e. The van der Waals surface area contributed by atoms with Gasteiger partial charge in [-0.3, -0.25) is 4.90 Å². The zero-order chi connectivity index (χ0) is 8.36. The lowest BCUT2D eigenvalue weighted by Crippen LogP contribution is -2.48. The molecular weight excluding hydrogens is 144 g/mol. The van der Waals surface area contributed by atoms with Gasteiger partial charge >= 0.3 is 0 Å². The van der Waals surface area contributed by atoms with E-state index in [0.717, 1.165) is 0 Å². The molecule has 0 heterocycles. The van der Waals surface area contributed by atoms with E-state index in [2.05, 4.69) is 31.4 Å². The highest BCUT2D eigenvalue weighted by Gasteiger charge is 2.24. The van der Waals surface area contributed by atoms with Gasteiger partial charge in [-0.15, -0.1) is 0 Å². The smallest absolute Gasteiger partial charge is 0.0735 e. The van der Waals surface area contributed by atoms with Crippen LogP contribution >= 0.6 is 12.6 Å². The van der Waals surface area contributed by atoms with Crippen LogP contribution in [-0.2, 0) is 0 Å². The van der Waals surface area contributed by atoms with Gasteiger partial charge in [-0.25, -0.2) is 0 Å². The van der Waals surface area contributed by atoms with Gasteiger partial charge in [0.25, 0.3) is 0 Å². The molecule has 0 saturated heterocycles. The van der Waals surface area contributed by atoms with E-state index in [1.165, 1.54) is 0 Å². The van der Waals surface area contributed by atoms with E-state index in [0.29, 0.717) is 12.6 Å². The molecule has 0 rings (SSSR count). The number of nitrogens with two attached hydrogens (primary N) is 1. The first kappa shape index (κ1) is 10.3. The van der Waals surface area contributed by atoms with Gasteiger partial charge in [-0.2, -0.15) is 12.6 Å². The number of thiol groups is 1. The van der Waals surface area contributed by atoms with E-state index in [4.69, 9.17) is 5.73 Å². The number of hydrogen-bond acceptors (Lipinski definition) is 3. The summed E-state index contributed by atoms with van der Waals surface area (Å²) in [6.07, 6.45) is 0. The minimum absolute atomic E-state index is 0.172. The Morgan fingerprint density at radius 1 is 1.60 bits per heavy atom. The number of likely N-dealkylation sites (N-methyl/N-ethyl adjacent to an activating group) is 1. The van der Waals surface area contributed by atoms with Crippen LogP contribution in [0.3, 0.4) is 0 Å². The molecule has 0 aromatic rings. The predicted octanol–water partition coefficient (Wildman–Crippen LogP) is 0.931. The molecule has 62 valence electrons. The van der Waals surface area contributed by atoms with Crippen molar-refractivity contribution in [2.45, 2.75) is 31.7 Å². The van der Waals surface area contributed by atoms with Crippen LogP contribution in [0.1, 0.15) is 20.8 Å². The Morgan fingerprint density at radius 2 is 2.00 bits per heavy atom. The summed E-state index contributed by atoms with van der Waals surface area (Å²) in [5.74, 6) is 0. The molecule has 3 heteroatoms. The van der Waals surface area contributed by atoms with Gasteiger partial charge in [0.1, 0.15) is 0 Å². The lowest BCUT2D eigenvalue weighted by atomic mass is 10.2. The second-order valence-electron chi connectivity index (χ2n) is 3.13. The van der Waals surface area contributed by atoms with Crippen molar-refractivity contribution < 1.29 is 0 Å². The fourth-order valence-electron chi connectivity index (χ4n) is 0.700. The molecule has 0 amide bonds. The van der Waals surface area contributed by atoms with E-state index in [9.17, 15) is 0 Å². The topological polar surface area (TPSA) is 29.3 Å². The van der Waals surface area contributed by atoms with Crippen LogP contribution in [0.15, 0.2) is 0 Å². The van der Waals surface area contributed by atoms with Crippen LogP contribution in [0.5, 0.6) is 0 Å². The quantitative estimate of drug-likeness (QED) is 0.477. The second kappa shape index (κ2) is 3.60. The molecule has 0 radical (unpaired) electrons. The molecule has 0 aromatic carbocycles. The summed E-state index contributed by atoms with van der Waals surface area (Å²) in [6.45, 7) is 6.86. The van der Waals surface area contributed by atoms with Crippen LogP contribution in [0, 0.1) is 0 Å². The molecule has 2 N–H and O–H groups in total. The first-order valence-electron chi connectivity index (χ1n) is 3.57. The van der Waals surface area contributed by atoms with Crippen LogP contribution in [-0.4, -0.2) is 29.4 Å². The third-order valence-electron chi connectivity index (χ3n) is 1.92. The van der Waals surface area contributed by atoms with Crippen LogP contribution < -0.4 is 5.73 Å². The monoisotopic (exact) mass is 162 g/mol. The van der Waals surface area contributed by atoms with E-state index in [1.54, 1.807) is 0 Å². The first-order chi connectivity index (χ1) is 4.41. The van der Waals surface area contributed by atoms with Gasteiger partial charge in [0.15, 0.2) is 0 Å². The van der Waals surface area contributed by atoms with Crippen LogP contribution in [0.2, 0.25) is 0 Å². The Hall–Kier alpha value is 0.270. The van der Waals surface area contributed by atoms with Gasteiger partial charge in [0, 0.05) is 12.6 Å². The molecule has 0 aliphatic rings. The second-order valence-corrected chi connectivity index (χ2v) is 4.09. The fraction of sp³-hybridized carbons (Fsp3) is 1.00. The van der Waals surface area contributed by atoms with Crippen molar-refractivity contribution in [3.05, 3.63) is 0 Å². The lowest BCUT2D eigenvalue weighted by molar-refractivity contribution is 0.188. The van der Waals surface area contributed by atoms with Crippen molar-refractivity contribution in [1.29, 1.82) is 0 Å². The van der Waals surface area contributed by atoms with Gasteiger partial charge in [-0.1, -0.05) is 0 Å². The maximum absolute atomic E-state index is 5.53. The van der Waals surface area contributed by atoms with Crippen molar-refractivity contribution in [2.24, 2.45) is 5.73 Å². The van der Waals surface area contributed by atoms with E-state index in [-0.39, 0.29) is 4.87 Å². The van der Waals surface area contributed by atoms with Crippen molar-refractivity contribution in [3.63, 3.8) is 0 Å². The zero-order valence-corrected chi connectivity index (χ0v) is 8.15. The highest BCUT2D eigenvalue weighted by atomic mass is 32.1. The highest BCUT2D eigenvalue weighted by molar-refractivity contribution is 7.81. The van der Waals surface area contributed by atoms with Crippen LogP contribution in [0.25, 0.3) is 0 Å². The summed E-state index contributed by atoms with van der Waals surface area (Å²) in [7, 11) is 2.03. The van der Waals surface area contributed by atoms with Crippen LogP contribution in [0.4, 0.5) is 0 Å². The van der Waals surface area contributed by atoms with Gasteiger partial charge in [-0.05, 0) is 27.8 Å². The van der Waals surface area contributed by atoms with Gasteiger partial charge in [0.05, 0.1) is 4.87 Å². The third-order valence-corrected chi connectivity index (χ3v) is 2.42. The first-order valence-corrected chi connectivity index (χ1v) is 4.02. The molecule has 0 saturated carbocycles. The molecule has 0 spiro atoms. The van der Waals surface area contributed by atoms with Gasteiger partial charge in [0.2, 0.25) is 0 Å². The summed E-state index contributed by atoms with van der Waals surface area (Å²) in [5.41, 5.74) is 5.53. The molecule has 0 aliphatic heterocycles. The summed E-state index contributed by atoms with van der Waals surface area (Å²) >= 11 is 4.42. The van der Waals surface area contributed by atoms with E-state index < -0.39 is 0 Å². The summed E-state index contributed by atoms with van der Waals surface area (Å²) in [4.78, 5) is 1.98. The molecule has 0 aromatic heterocycles. The standard InChI is InChI=1S/C7H18N2S/c1-6(2)9(4)7(3,10)5-8/h6,10H,5,8H2,1-4H3. The molecular formula is C7H18N2S.